The molecule has 46 valence electrons. The lowest BCUT2D eigenvalue weighted by Crippen LogP contribution is -2.30. The van der Waals surface area contributed by atoms with Crippen LogP contribution in [0.5, 0.6) is 0 Å². The van der Waals surface area contributed by atoms with E-state index in [1.807, 2.05) is 0 Å². The van der Waals surface area contributed by atoms with E-state index in [1.165, 1.54) is 0 Å². The summed E-state index contributed by atoms with van der Waals surface area (Å²) in [6.07, 6.45) is 0. The van der Waals surface area contributed by atoms with E-state index in [-0.39, 0.29) is 23.0 Å². The lowest BCUT2D eigenvalue weighted by atomic mass is 10.4. The highest BCUT2D eigenvalue weighted by Gasteiger charge is 1.89. The summed E-state index contributed by atoms with van der Waals surface area (Å²) in [5, 5.41) is 0. The zero-order valence-electron chi connectivity index (χ0n) is 4.00. The molecule has 1 atom stereocenters. The normalized spacial score (nSPS) is 12.4. The third kappa shape index (κ3) is 6.75. The lowest BCUT2D eigenvalue weighted by molar-refractivity contribution is 0.765. The Balaban J connectivity index is 0. The molecule has 2 nitrogen and oxygen atoms in total. The first-order chi connectivity index (χ1) is 2.81. The van der Waals surface area contributed by atoms with Crippen LogP contribution < -0.4 is 11.5 Å². The topological polar surface area (TPSA) is 52.0 Å². The van der Waals surface area contributed by atoms with Crippen molar-refractivity contribution in [3.63, 3.8) is 0 Å². The minimum atomic E-state index is 0. The average Bonchev–Trinajstić information content (AvgIpc) is 1.65. The summed E-state index contributed by atoms with van der Waals surface area (Å²) in [4.78, 5) is 0. The van der Waals surface area contributed by atoms with Crippen LogP contribution in [-0.2, 0) is 0 Å². The SMILES string of the molecule is Br.NCC(N)CS. The second-order valence-electron chi connectivity index (χ2n) is 1.18. The molecule has 0 aromatic heterocycles. The molecular formula is C3H11BrN2S. The molecule has 0 aliphatic carbocycles. The Labute approximate surface area is 59.8 Å². The molecule has 0 aliphatic heterocycles. The Kier molecular flexibility index (Phi) is 10.3. The molecule has 0 aliphatic rings. The Morgan fingerprint density at radius 3 is 2.00 bits per heavy atom. The number of hydrogen-bond donors (Lipinski definition) is 3. The summed E-state index contributed by atoms with van der Waals surface area (Å²) in [6, 6.07) is 0.0772. The van der Waals surface area contributed by atoms with Crippen molar-refractivity contribution in [3.8, 4) is 0 Å². The van der Waals surface area contributed by atoms with Crippen LogP contribution in [0.2, 0.25) is 0 Å². The van der Waals surface area contributed by atoms with Gasteiger partial charge in [0.15, 0.2) is 0 Å². The largest absolute Gasteiger partial charge is 0.329 e. The van der Waals surface area contributed by atoms with Crippen LogP contribution in [0.3, 0.4) is 0 Å². The van der Waals surface area contributed by atoms with Gasteiger partial charge in [0, 0.05) is 18.3 Å². The minimum absolute atomic E-state index is 0. The van der Waals surface area contributed by atoms with Gasteiger partial charge in [0.1, 0.15) is 0 Å². The fourth-order valence-corrected chi connectivity index (χ4v) is 0.224. The van der Waals surface area contributed by atoms with Crippen molar-refractivity contribution in [2.24, 2.45) is 11.5 Å². The summed E-state index contributed by atoms with van der Waals surface area (Å²) in [5.74, 6) is 0.677. The predicted molar refractivity (Wildman–Crippen MR) is 41.2 cm³/mol. The standard InChI is InChI=1S/C3H10N2S.BrH/c4-1-3(5)2-6;/h3,6H,1-2,4-5H2;1H. The quantitative estimate of drug-likeness (QED) is 0.523. The van der Waals surface area contributed by atoms with E-state index >= 15 is 0 Å². The van der Waals surface area contributed by atoms with Gasteiger partial charge in [-0.3, -0.25) is 0 Å². The van der Waals surface area contributed by atoms with Gasteiger partial charge in [0.25, 0.3) is 0 Å². The summed E-state index contributed by atoms with van der Waals surface area (Å²) in [6.45, 7) is 0.531. The van der Waals surface area contributed by atoms with Crippen LogP contribution in [0.15, 0.2) is 0 Å². The van der Waals surface area contributed by atoms with Crippen LogP contribution in [0, 0.1) is 0 Å². The molecule has 0 aromatic carbocycles. The third-order valence-corrected chi connectivity index (χ3v) is 1.01. The summed E-state index contributed by atoms with van der Waals surface area (Å²) in [5.41, 5.74) is 10.4. The van der Waals surface area contributed by atoms with E-state index in [2.05, 4.69) is 12.6 Å². The number of hydrogen-bond acceptors (Lipinski definition) is 3. The number of nitrogens with two attached hydrogens (primary N) is 2. The summed E-state index contributed by atoms with van der Waals surface area (Å²) >= 11 is 3.89. The molecule has 0 fully saturated rings. The van der Waals surface area contributed by atoms with E-state index < -0.39 is 0 Å². The fourth-order valence-electron chi connectivity index (χ4n) is 0.0745. The highest BCUT2D eigenvalue weighted by Crippen LogP contribution is 1.75. The van der Waals surface area contributed by atoms with Gasteiger partial charge in [-0.2, -0.15) is 12.6 Å². The van der Waals surface area contributed by atoms with Crippen molar-refractivity contribution in [3.05, 3.63) is 0 Å². The second kappa shape index (κ2) is 6.75. The van der Waals surface area contributed by atoms with Gasteiger partial charge in [-0.05, 0) is 0 Å². The first-order valence-corrected chi connectivity index (χ1v) is 2.51. The molecular weight excluding hydrogens is 176 g/mol. The van der Waals surface area contributed by atoms with Crippen LogP contribution in [0.4, 0.5) is 0 Å². The third-order valence-electron chi connectivity index (χ3n) is 0.537. The average molecular weight is 187 g/mol. The van der Waals surface area contributed by atoms with Crippen LogP contribution >= 0.6 is 29.6 Å². The first-order valence-electron chi connectivity index (χ1n) is 1.87. The van der Waals surface area contributed by atoms with Gasteiger partial charge >= 0.3 is 0 Å². The molecule has 0 radical (unpaired) electrons. The van der Waals surface area contributed by atoms with Crippen molar-refractivity contribution in [1.29, 1.82) is 0 Å². The van der Waals surface area contributed by atoms with Gasteiger partial charge in [-0.1, -0.05) is 0 Å². The molecule has 0 aromatic rings. The van der Waals surface area contributed by atoms with Crippen molar-refractivity contribution in [2.45, 2.75) is 6.04 Å². The second-order valence-corrected chi connectivity index (χ2v) is 1.54. The molecule has 0 rings (SSSR count). The van der Waals surface area contributed by atoms with Crippen LogP contribution in [-0.4, -0.2) is 18.3 Å². The van der Waals surface area contributed by atoms with Crippen molar-refractivity contribution in [1.82, 2.24) is 0 Å². The molecule has 0 bridgehead atoms. The van der Waals surface area contributed by atoms with Gasteiger partial charge in [0.2, 0.25) is 0 Å². The van der Waals surface area contributed by atoms with E-state index in [4.69, 9.17) is 11.5 Å². The zero-order valence-corrected chi connectivity index (χ0v) is 6.61. The van der Waals surface area contributed by atoms with Crippen molar-refractivity contribution >= 4 is 29.6 Å². The molecule has 7 heavy (non-hydrogen) atoms. The maximum absolute atomic E-state index is 5.27. The number of thiol groups is 1. The lowest BCUT2D eigenvalue weighted by Gasteiger charge is -1.99. The van der Waals surface area contributed by atoms with E-state index in [0.717, 1.165) is 0 Å². The highest BCUT2D eigenvalue weighted by atomic mass is 79.9. The maximum atomic E-state index is 5.27. The smallest absolute Gasteiger partial charge is 0.0252 e. The number of halogens is 1. The molecule has 4 heteroatoms. The van der Waals surface area contributed by atoms with Gasteiger partial charge in [-0.15, -0.1) is 17.0 Å². The monoisotopic (exact) mass is 186 g/mol. The fraction of sp³-hybridized carbons (Fsp3) is 1.00. The Bertz CT molecular complexity index is 32.1. The Hall–Kier alpha value is 0.750. The number of rotatable bonds is 2. The molecule has 1 unspecified atom stereocenters. The maximum Gasteiger partial charge on any atom is 0.0252 e. The highest BCUT2D eigenvalue weighted by molar-refractivity contribution is 8.93. The summed E-state index contributed by atoms with van der Waals surface area (Å²) < 4.78 is 0. The minimum Gasteiger partial charge on any atom is -0.329 e. The van der Waals surface area contributed by atoms with Crippen molar-refractivity contribution < 1.29 is 0 Å². The van der Waals surface area contributed by atoms with Crippen molar-refractivity contribution in [2.75, 3.05) is 12.3 Å². The molecule has 0 saturated heterocycles. The first kappa shape index (κ1) is 10.7. The van der Waals surface area contributed by atoms with Crippen LogP contribution in [0.1, 0.15) is 0 Å². The van der Waals surface area contributed by atoms with E-state index in [0.29, 0.717) is 12.3 Å². The van der Waals surface area contributed by atoms with Gasteiger partial charge < -0.3 is 11.5 Å². The molecule has 0 amide bonds. The van der Waals surface area contributed by atoms with Gasteiger partial charge in [-0.25, -0.2) is 0 Å². The Morgan fingerprint density at radius 2 is 2.00 bits per heavy atom. The van der Waals surface area contributed by atoms with Crippen LogP contribution in [0.25, 0.3) is 0 Å². The Morgan fingerprint density at radius 1 is 1.57 bits per heavy atom. The van der Waals surface area contributed by atoms with E-state index in [9.17, 15) is 0 Å². The molecule has 4 N–H and O–H groups in total. The zero-order chi connectivity index (χ0) is 4.99. The molecule has 0 spiro atoms. The van der Waals surface area contributed by atoms with Gasteiger partial charge in [0.05, 0.1) is 0 Å². The predicted octanol–water partition coefficient (Wildman–Crippen LogP) is -0.220. The van der Waals surface area contributed by atoms with E-state index in [1.54, 1.807) is 0 Å². The summed E-state index contributed by atoms with van der Waals surface area (Å²) in [7, 11) is 0. The molecule has 0 saturated carbocycles. The molecule has 0 heterocycles.